The minimum absolute atomic E-state index is 0.228. The van der Waals surface area contributed by atoms with Gasteiger partial charge in [-0.3, -0.25) is 4.79 Å². The summed E-state index contributed by atoms with van der Waals surface area (Å²) in [7, 11) is 0. The van der Waals surface area contributed by atoms with Crippen molar-refractivity contribution in [1.29, 1.82) is 0 Å². The Balaban J connectivity index is 1.88. The van der Waals surface area contributed by atoms with E-state index in [4.69, 9.17) is 4.74 Å². The minimum Gasteiger partial charge on any atom is -0.467 e. The van der Waals surface area contributed by atoms with Gasteiger partial charge >= 0.3 is 0 Å². The summed E-state index contributed by atoms with van der Waals surface area (Å²) in [5.74, 6) is 0.452. The van der Waals surface area contributed by atoms with Crippen molar-refractivity contribution in [2.24, 2.45) is 0 Å². The lowest BCUT2D eigenvalue weighted by atomic mass is 10.1. The third kappa shape index (κ3) is 4.63. The van der Waals surface area contributed by atoms with Crippen molar-refractivity contribution in [3.05, 3.63) is 78.4 Å². The van der Waals surface area contributed by atoms with Gasteiger partial charge in [0, 0.05) is 10.9 Å². The Kier molecular flexibility index (Phi) is 5.81. The molecule has 6 heteroatoms. The molecule has 0 saturated carbocycles. The lowest BCUT2D eigenvalue weighted by molar-refractivity contribution is 0.0847. The van der Waals surface area contributed by atoms with Gasteiger partial charge in [-0.1, -0.05) is 102 Å². The molecule has 0 saturated heterocycles. The molecule has 0 unspecified atom stereocenters. The summed E-state index contributed by atoms with van der Waals surface area (Å²) in [5.41, 5.74) is 0.561. The highest BCUT2D eigenvalue weighted by Crippen LogP contribution is 2.39. The van der Waals surface area contributed by atoms with E-state index in [0.717, 1.165) is 10.8 Å². The van der Waals surface area contributed by atoms with E-state index < -0.39 is 8.37 Å². The molecule has 0 aliphatic carbocycles. The number of amides is 1. The zero-order valence-electron chi connectivity index (χ0n) is 13.0. The summed E-state index contributed by atoms with van der Waals surface area (Å²) in [6.07, 6.45) is -0.703. The zero-order chi connectivity index (χ0) is 17.9. The Morgan fingerprint density at radius 1 is 0.880 bits per heavy atom. The SMILES string of the molecule is O=C(N[C@@H](Oc1cccc2ccccc12)C(Br)(Br)Br)c1ccccc1. The molecule has 0 fully saturated rings. The quantitative estimate of drug-likeness (QED) is 0.343. The third-order valence-corrected chi connectivity index (χ3v) is 4.84. The number of nitrogens with one attached hydrogen (secondary N) is 1. The maximum atomic E-state index is 12.5. The maximum Gasteiger partial charge on any atom is 0.254 e. The molecule has 0 aliphatic heterocycles. The van der Waals surface area contributed by atoms with Crippen LogP contribution in [0.3, 0.4) is 0 Å². The van der Waals surface area contributed by atoms with E-state index in [-0.39, 0.29) is 5.91 Å². The van der Waals surface area contributed by atoms with Crippen LogP contribution in [0.2, 0.25) is 0 Å². The predicted octanol–water partition coefficient (Wildman–Crippen LogP) is 5.81. The van der Waals surface area contributed by atoms with Gasteiger partial charge in [-0.05, 0) is 23.6 Å². The Labute approximate surface area is 171 Å². The van der Waals surface area contributed by atoms with Crippen LogP contribution in [0.15, 0.2) is 72.8 Å². The highest BCUT2D eigenvalue weighted by molar-refractivity contribution is 9.39. The number of benzene rings is 3. The second kappa shape index (κ2) is 7.89. The first-order chi connectivity index (χ1) is 11.9. The first-order valence-corrected chi connectivity index (χ1v) is 9.90. The molecule has 3 aromatic rings. The topological polar surface area (TPSA) is 38.3 Å². The predicted molar refractivity (Wildman–Crippen MR) is 112 cm³/mol. The smallest absolute Gasteiger partial charge is 0.254 e. The lowest BCUT2D eigenvalue weighted by Gasteiger charge is -2.28. The monoisotopic (exact) mass is 525 g/mol. The molecule has 1 N–H and O–H groups in total. The number of alkyl halides is 3. The molecule has 128 valence electrons. The maximum absolute atomic E-state index is 12.5. The number of rotatable bonds is 4. The molecular weight excluding hydrogens is 514 g/mol. The molecule has 1 atom stereocenters. The van der Waals surface area contributed by atoms with Gasteiger partial charge in [-0.25, -0.2) is 0 Å². The van der Waals surface area contributed by atoms with Gasteiger partial charge < -0.3 is 10.1 Å². The van der Waals surface area contributed by atoms with Crippen LogP contribution < -0.4 is 10.1 Å². The number of hydrogen-bond donors (Lipinski definition) is 1. The average molecular weight is 528 g/mol. The highest BCUT2D eigenvalue weighted by Gasteiger charge is 2.35. The fourth-order valence-electron chi connectivity index (χ4n) is 2.40. The van der Waals surface area contributed by atoms with Crippen LogP contribution in [0.1, 0.15) is 10.4 Å². The van der Waals surface area contributed by atoms with E-state index in [1.54, 1.807) is 12.1 Å². The number of halogens is 3. The van der Waals surface area contributed by atoms with Crippen molar-refractivity contribution in [3.8, 4) is 5.75 Å². The Bertz CT molecular complexity index is 873. The Morgan fingerprint density at radius 3 is 2.24 bits per heavy atom. The molecule has 0 heterocycles. The van der Waals surface area contributed by atoms with E-state index in [0.29, 0.717) is 11.3 Å². The summed E-state index contributed by atoms with van der Waals surface area (Å²) >= 11 is 10.4. The van der Waals surface area contributed by atoms with E-state index >= 15 is 0 Å². The average Bonchev–Trinajstić information content (AvgIpc) is 2.61. The van der Waals surface area contributed by atoms with Gasteiger partial charge in [0.15, 0.2) is 2.14 Å². The molecule has 25 heavy (non-hydrogen) atoms. The summed E-state index contributed by atoms with van der Waals surface area (Å²) < 4.78 is 5.29. The highest BCUT2D eigenvalue weighted by atomic mass is 80.0. The standard InChI is InChI=1S/C19H14Br3NO2/c20-19(21,22)18(23-17(24)14-8-2-1-3-9-14)25-16-12-6-10-13-7-4-5-11-15(13)16/h1-12,18H,(H,23,24)/t18-/m0/s1. The molecule has 0 bridgehead atoms. The van der Waals surface area contributed by atoms with Crippen LogP contribution in [-0.4, -0.2) is 14.3 Å². The van der Waals surface area contributed by atoms with E-state index in [1.807, 2.05) is 60.7 Å². The molecule has 3 nitrogen and oxygen atoms in total. The minimum atomic E-state index is -0.825. The molecule has 1 amide bonds. The molecular formula is C19H14Br3NO2. The van der Waals surface area contributed by atoms with Crippen molar-refractivity contribution >= 4 is 64.5 Å². The fourth-order valence-corrected chi connectivity index (χ4v) is 3.02. The zero-order valence-corrected chi connectivity index (χ0v) is 17.7. The van der Waals surface area contributed by atoms with E-state index in [1.165, 1.54) is 0 Å². The van der Waals surface area contributed by atoms with Gasteiger partial charge in [0.2, 0.25) is 6.23 Å². The first-order valence-electron chi connectivity index (χ1n) is 7.52. The molecule has 0 spiro atoms. The number of hydrogen-bond acceptors (Lipinski definition) is 2. The summed E-state index contributed by atoms with van der Waals surface area (Å²) in [6, 6.07) is 22.8. The van der Waals surface area contributed by atoms with E-state index in [2.05, 4.69) is 53.1 Å². The van der Waals surface area contributed by atoms with Gasteiger partial charge in [0.05, 0.1) is 0 Å². The van der Waals surface area contributed by atoms with Crippen LogP contribution in [0.25, 0.3) is 10.8 Å². The van der Waals surface area contributed by atoms with E-state index in [9.17, 15) is 4.79 Å². The summed E-state index contributed by atoms with van der Waals surface area (Å²) in [4.78, 5) is 12.5. The second-order valence-corrected chi connectivity index (χ2v) is 12.3. The molecule has 3 aromatic carbocycles. The normalized spacial score (nSPS) is 12.6. The van der Waals surface area contributed by atoms with Gasteiger partial charge in [0.1, 0.15) is 5.75 Å². The van der Waals surface area contributed by atoms with Crippen molar-refractivity contribution in [2.45, 2.75) is 8.37 Å². The number of carbonyl (C=O) groups is 1. The van der Waals surface area contributed by atoms with Gasteiger partial charge in [0.25, 0.3) is 5.91 Å². The van der Waals surface area contributed by atoms with Crippen molar-refractivity contribution in [2.75, 3.05) is 0 Å². The van der Waals surface area contributed by atoms with Gasteiger partial charge in [-0.15, -0.1) is 0 Å². The van der Waals surface area contributed by atoms with Crippen molar-refractivity contribution in [3.63, 3.8) is 0 Å². The Hall–Kier alpha value is -1.37. The number of ether oxygens (including phenoxy) is 1. The summed E-state index contributed by atoms with van der Waals surface area (Å²) in [6.45, 7) is 0. The first kappa shape index (κ1) is 18.4. The largest absolute Gasteiger partial charge is 0.467 e. The van der Waals surface area contributed by atoms with Gasteiger partial charge in [-0.2, -0.15) is 0 Å². The third-order valence-electron chi connectivity index (χ3n) is 3.59. The summed E-state index contributed by atoms with van der Waals surface area (Å²) in [5, 5.41) is 4.92. The molecule has 0 aliphatic rings. The van der Waals surface area contributed by atoms with Crippen LogP contribution in [0.5, 0.6) is 5.75 Å². The lowest BCUT2D eigenvalue weighted by Crippen LogP contribution is -2.47. The van der Waals surface area contributed by atoms with Crippen LogP contribution in [0, 0.1) is 0 Å². The Morgan fingerprint density at radius 2 is 1.52 bits per heavy atom. The molecule has 0 aromatic heterocycles. The fraction of sp³-hybridized carbons (Fsp3) is 0.105. The van der Waals surface area contributed by atoms with Crippen molar-refractivity contribution < 1.29 is 9.53 Å². The van der Waals surface area contributed by atoms with Crippen LogP contribution >= 0.6 is 47.8 Å². The second-order valence-electron chi connectivity index (χ2n) is 5.36. The number of carbonyl (C=O) groups excluding carboxylic acids is 1. The number of fused-ring (bicyclic) bond motifs is 1. The molecule has 0 radical (unpaired) electrons. The van der Waals surface area contributed by atoms with Crippen LogP contribution in [0.4, 0.5) is 0 Å². The van der Waals surface area contributed by atoms with Crippen LogP contribution in [-0.2, 0) is 0 Å². The molecule has 3 rings (SSSR count). The van der Waals surface area contributed by atoms with Crippen molar-refractivity contribution in [1.82, 2.24) is 5.32 Å².